The molecule has 0 radical (unpaired) electrons. The van der Waals surface area contributed by atoms with Crippen LogP contribution in [0.4, 0.5) is 0 Å². The van der Waals surface area contributed by atoms with E-state index in [1.807, 2.05) is 0 Å². The molecular weight excluding hydrogens is 696 g/mol. The number of unbranched alkanes of at least 4 members (excludes halogenated alkanes) is 3. The van der Waals surface area contributed by atoms with Crippen molar-refractivity contribution in [2.75, 3.05) is 184 Å². The first-order valence-electron chi connectivity index (χ1n) is 18.5. The lowest BCUT2D eigenvalue weighted by Gasteiger charge is -2.09. The third-order valence-corrected chi connectivity index (χ3v) is 6.66. The Balaban J connectivity index is 3.06. The molecule has 0 bridgehead atoms. The second-order valence-corrected chi connectivity index (χ2v) is 11.0. The van der Waals surface area contributed by atoms with E-state index in [0.29, 0.717) is 172 Å². The van der Waals surface area contributed by atoms with Crippen LogP contribution in [-0.4, -0.2) is 190 Å². The molecule has 0 aliphatic heterocycles. The maximum absolute atomic E-state index is 11.2. The van der Waals surface area contributed by atoms with Gasteiger partial charge in [0, 0.05) is 12.5 Å². The molecule has 0 fully saturated rings. The highest BCUT2D eigenvalue weighted by Crippen LogP contribution is 2.01. The quantitative estimate of drug-likeness (QED) is 0.0508. The number of halogens is 1. The maximum Gasteiger partial charge on any atom is 0.308 e. The van der Waals surface area contributed by atoms with Gasteiger partial charge in [0.15, 0.2) is 0 Å². The molecule has 16 heteroatoms. The van der Waals surface area contributed by atoms with E-state index in [4.69, 9.17) is 77.9 Å². The molecule has 0 aromatic heterocycles. The molecule has 0 atom stereocenters. The third-order valence-electron chi connectivity index (χ3n) is 6.39. The molecule has 0 unspecified atom stereocenters. The Bertz CT molecular complexity index is 654. The van der Waals surface area contributed by atoms with Gasteiger partial charge in [-0.15, -0.1) is 11.6 Å². The number of rotatable bonds is 46. The van der Waals surface area contributed by atoms with Gasteiger partial charge in [0.05, 0.1) is 178 Å². The summed E-state index contributed by atoms with van der Waals surface area (Å²) in [5, 5.41) is 0. The normalized spacial score (nSPS) is 11.5. The summed E-state index contributed by atoms with van der Waals surface area (Å²) in [6.45, 7) is 15.4. The molecule has 0 heterocycles. The van der Waals surface area contributed by atoms with Crippen molar-refractivity contribution in [2.45, 2.75) is 39.0 Å². The summed E-state index contributed by atoms with van der Waals surface area (Å²) in [6, 6.07) is 0. The van der Waals surface area contributed by atoms with Crippen molar-refractivity contribution in [1.82, 2.24) is 0 Å². The molecule has 0 aliphatic rings. The molecule has 0 aromatic carbocycles. The van der Waals surface area contributed by atoms with Crippen LogP contribution in [0.2, 0.25) is 0 Å². The molecule has 306 valence electrons. The molecule has 0 spiro atoms. The minimum absolute atomic E-state index is 0.252. The van der Waals surface area contributed by atoms with Crippen LogP contribution in [0.3, 0.4) is 0 Å². The Hall–Kier alpha value is -0.760. The summed E-state index contributed by atoms with van der Waals surface area (Å²) in [7, 11) is 0. The van der Waals surface area contributed by atoms with Gasteiger partial charge in [0.25, 0.3) is 0 Å². The summed E-state index contributed by atoms with van der Waals surface area (Å²) >= 11 is 5.65. The molecule has 0 aromatic rings. The first kappa shape index (κ1) is 50.2. The van der Waals surface area contributed by atoms with Gasteiger partial charge in [-0.1, -0.05) is 12.8 Å². The fourth-order valence-corrected chi connectivity index (χ4v) is 3.97. The largest absolute Gasteiger partial charge is 0.466 e. The van der Waals surface area contributed by atoms with Crippen LogP contribution in [0, 0.1) is 0 Å². The summed E-state index contributed by atoms with van der Waals surface area (Å²) < 4.78 is 75.8. The lowest BCUT2D eigenvalue weighted by molar-refractivity contribution is -0.144. The number of carbonyl (C=O) groups excluding carboxylic acids is 1. The summed E-state index contributed by atoms with van der Waals surface area (Å²) in [5.41, 5.74) is 0. The van der Waals surface area contributed by atoms with Gasteiger partial charge >= 0.3 is 5.97 Å². The van der Waals surface area contributed by atoms with E-state index < -0.39 is 0 Å². The van der Waals surface area contributed by atoms with E-state index in [1.165, 1.54) is 6.42 Å². The molecule has 0 rings (SSSR count). The summed E-state index contributed by atoms with van der Waals surface area (Å²) in [6.07, 6.45) is 4.74. The minimum Gasteiger partial charge on any atom is -0.466 e. The van der Waals surface area contributed by atoms with Crippen molar-refractivity contribution in [2.24, 2.45) is 0 Å². The summed E-state index contributed by atoms with van der Waals surface area (Å²) in [5.74, 6) is 0.488. The number of hydrogen-bond donors (Lipinski definition) is 0. The number of esters is 1. The molecule has 15 nitrogen and oxygen atoms in total. The smallest absolute Gasteiger partial charge is 0.308 e. The van der Waals surface area contributed by atoms with E-state index in [-0.39, 0.29) is 12.4 Å². The van der Waals surface area contributed by atoms with Gasteiger partial charge in [0.1, 0.15) is 0 Å². The van der Waals surface area contributed by atoms with Crippen molar-refractivity contribution < 1.29 is 71.1 Å². The highest BCUT2D eigenvalue weighted by Gasteiger charge is 2.01. The molecule has 0 saturated heterocycles. The highest BCUT2D eigenvalue weighted by atomic mass is 35.5. The fourth-order valence-electron chi connectivity index (χ4n) is 3.78. The zero-order valence-corrected chi connectivity index (χ0v) is 32.1. The minimum atomic E-state index is -0.252. The van der Waals surface area contributed by atoms with Gasteiger partial charge in [-0.25, -0.2) is 0 Å². The predicted octanol–water partition coefficient (Wildman–Crippen LogP) is 2.95. The Morgan fingerprint density at radius 2 is 0.569 bits per heavy atom. The van der Waals surface area contributed by atoms with Crippen LogP contribution in [-0.2, 0) is 71.1 Å². The van der Waals surface area contributed by atoms with E-state index in [2.05, 4.69) is 0 Å². The van der Waals surface area contributed by atoms with Crippen molar-refractivity contribution in [1.29, 1.82) is 0 Å². The molecule has 51 heavy (non-hydrogen) atoms. The molecule has 0 saturated carbocycles. The van der Waals surface area contributed by atoms with Crippen molar-refractivity contribution in [3.8, 4) is 0 Å². The van der Waals surface area contributed by atoms with Gasteiger partial charge in [-0.05, 0) is 19.8 Å². The average Bonchev–Trinajstić information content (AvgIpc) is 3.13. The van der Waals surface area contributed by atoms with Gasteiger partial charge in [0.2, 0.25) is 0 Å². The zero-order chi connectivity index (χ0) is 36.8. The zero-order valence-electron chi connectivity index (χ0n) is 31.3. The average molecular weight is 765 g/mol. The predicted molar refractivity (Wildman–Crippen MR) is 191 cm³/mol. The number of ether oxygens (including phenoxy) is 14. The molecular formula is C35H69ClO15. The Kier molecular flexibility index (Phi) is 46.6. The van der Waals surface area contributed by atoms with E-state index in [0.717, 1.165) is 31.7 Å². The standard InChI is InChI=1S/C35H69ClO15/c1-2-51-35(37)7-10-39-12-14-41-16-18-43-20-22-45-24-26-47-28-30-49-32-34-50-33-31-48-29-27-46-25-23-44-21-19-42-17-15-40-13-11-38-9-6-4-3-5-8-36/h2-34H2,1H3. The highest BCUT2D eigenvalue weighted by molar-refractivity contribution is 6.17. The van der Waals surface area contributed by atoms with Crippen LogP contribution in [0.25, 0.3) is 0 Å². The van der Waals surface area contributed by atoms with Gasteiger partial charge < -0.3 is 66.3 Å². The maximum atomic E-state index is 11.2. The van der Waals surface area contributed by atoms with Crippen molar-refractivity contribution in [3.63, 3.8) is 0 Å². The monoisotopic (exact) mass is 764 g/mol. The van der Waals surface area contributed by atoms with Crippen LogP contribution in [0.15, 0.2) is 0 Å². The van der Waals surface area contributed by atoms with E-state index >= 15 is 0 Å². The second kappa shape index (κ2) is 47.3. The van der Waals surface area contributed by atoms with E-state index in [9.17, 15) is 4.79 Å². The first-order valence-corrected chi connectivity index (χ1v) is 19.1. The van der Waals surface area contributed by atoms with Gasteiger partial charge in [-0.2, -0.15) is 0 Å². The third kappa shape index (κ3) is 47.2. The number of hydrogen-bond acceptors (Lipinski definition) is 15. The number of alkyl halides is 1. The molecule has 0 N–H and O–H groups in total. The lowest BCUT2D eigenvalue weighted by atomic mass is 10.2. The lowest BCUT2D eigenvalue weighted by Crippen LogP contribution is -2.15. The summed E-state index contributed by atoms with van der Waals surface area (Å²) in [4.78, 5) is 11.2. The van der Waals surface area contributed by atoms with Gasteiger partial charge in [-0.3, -0.25) is 4.79 Å². The van der Waals surface area contributed by atoms with E-state index in [1.54, 1.807) is 6.92 Å². The fraction of sp³-hybridized carbons (Fsp3) is 0.971. The van der Waals surface area contributed by atoms with Crippen molar-refractivity contribution in [3.05, 3.63) is 0 Å². The van der Waals surface area contributed by atoms with Crippen LogP contribution >= 0.6 is 11.6 Å². The van der Waals surface area contributed by atoms with Crippen molar-refractivity contribution >= 4 is 17.6 Å². The number of carbonyl (C=O) groups is 1. The molecule has 0 amide bonds. The van der Waals surface area contributed by atoms with Crippen LogP contribution < -0.4 is 0 Å². The van der Waals surface area contributed by atoms with Crippen LogP contribution in [0.5, 0.6) is 0 Å². The first-order chi connectivity index (χ1) is 25.3. The topological polar surface area (TPSA) is 146 Å². The Morgan fingerprint density at radius 3 is 0.824 bits per heavy atom. The molecule has 0 aliphatic carbocycles. The SMILES string of the molecule is CCOC(=O)CCOCCOCCOCCOCCOCCOCCOCCOCCOCCOCCOCCOCCOCCCCCCCl. The Morgan fingerprint density at radius 1 is 0.333 bits per heavy atom. The Labute approximate surface area is 311 Å². The second-order valence-electron chi connectivity index (χ2n) is 10.6. The van der Waals surface area contributed by atoms with Crippen LogP contribution in [0.1, 0.15) is 39.0 Å².